The summed E-state index contributed by atoms with van der Waals surface area (Å²) in [6, 6.07) is 7.43. The molecule has 0 saturated heterocycles. The number of rotatable bonds is 4. The molecule has 0 atom stereocenters. The number of nitrogens with one attached hydrogen (secondary N) is 1. The number of amides is 2. The third-order valence-electron chi connectivity index (χ3n) is 4.60. The van der Waals surface area contributed by atoms with Gasteiger partial charge in [-0.1, -0.05) is 23.7 Å². The highest BCUT2D eigenvalue weighted by molar-refractivity contribution is 7.17. The van der Waals surface area contributed by atoms with Crippen LogP contribution in [-0.4, -0.2) is 35.6 Å². The van der Waals surface area contributed by atoms with Crippen molar-refractivity contribution in [1.82, 2.24) is 4.98 Å². The highest BCUT2D eigenvalue weighted by Gasteiger charge is 2.31. The lowest BCUT2D eigenvalue weighted by atomic mass is 10.00. The van der Waals surface area contributed by atoms with Crippen molar-refractivity contribution < 1.29 is 9.59 Å². The minimum atomic E-state index is -0.297. The molecule has 0 saturated carbocycles. The molecule has 6 nitrogen and oxygen atoms in total. The van der Waals surface area contributed by atoms with Crippen LogP contribution in [0.1, 0.15) is 21.6 Å². The number of hydrogen-bond acceptors (Lipinski definition) is 6. The van der Waals surface area contributed by atoms with E-state index < -0.39 is 0 Å². The van der Waals surface area contributed by atoms with E-state index in [-0.39, 0.29) is 24.9 Å². The van der Waals surface area contributed by atoms with Gasteiger partial charge in [0, 0.05) is 32.6 Å². The topological polar surface area (TPSA) is 74.7 Å². The molecule has 4 rings (SSSR count). The molecular formula is C20H17ClN4O2S2. The molecular weight excluding hydrogens is 428 g/mol. The van der Waals surface area contributed by atoms with Crippen molar-refractivity contribution in [2.45, 2.75) is 13.8 Å². The smallest absolute Gasteiger partial charge is 0.249 e. The van der Waals surface area contributed by atoms with Crippen molar-refractivity contribution in [1.29, 1.82) is 0 Å². The number of thiazole rings is 1. The second-order valence-corrected chi connectivity index (χ2v) is 9.04. The van der Waals surface area contributed by atoms with Crippen LogP contribution in [0.4, 0.5) is 10.1 Å². The number of aliphatic imine (C=N–C) groups is 1. The summed E-state index contributed by atoms with van der Waals surface area (Å²) in [6.07, 6.45) is 1.62. The average molecular weight is 445 g/mol. The third-order valence-corrected chi connectivity index (χ3v) is 6.75. The van der Waals surface area contributed by atoms with E-state index in [1.165, 1.54) is 27.6 Å². The normalized spacial score (nSPS) is 13.7. The number of fused-ring (bicyclic) bond motifs is 1. The van der Waals surface area contributed by atoms with E-state index in [0.717, 1.165) is 32.3 Å². The first-order valence-corrected chi connectivity index (χ1v) is 10.9. The Bertz CT molecular complexity index is 1120. The number of aryl methyl sites for hydroxylation is 1. The Balaban J connectivity index is 1.73. The molecule has 2 amide bonds. The molecule has 0 bridgehead atoms. The van der Waals surface area contributed by atoms with Gasteiger partial charge in [-0.15, -0.1) is 22.7 Å². The molecule has 3 aromatic rings. The van der Waals surface area contributed by atoms with Crippen molar-refractivity contribution in [2.75, 3.05) is 23.3 Å². The van der Waals surface area contributed by atoms with E-state index in [4.69, 9.17) is 11.6 Å². The maximum Gasteiger partial charge on any atom is 0.249 e. The van der Waals surface area contributed by atoms with E-state index in [2.05, 4.69) is 15.3 Å². The van der Waals surface area contributed by atoms with E-state index in [0.29, 0.717) is 10.2 Å². The second kappa shape index (κ2) is 8.06. The zero-order chi connectivity index (χ0) is 20.5. The van der Waals surface area contributed by atoms with Crippen LogP contribution in [0.25, 0.3) is 0 Å². The van der Waals surface area contributed by atoms with Crippen LogP contribution in [0, 0.1) is 13.8 Å². The van der Waals surface area contributed by atoms with Gasteiger partial charge < -0.3 is 5.32 Å². The van der Waals surface area contributed by atoms with Gasteiger partial charge in [0.2, 0.25) is 11.8 Å². The molecule has 1 aliphatic rings. The average Bonchev–Trinajstić information content (AvgIpc) is 3.26. The molecule has 3 heterocycles. The number of benzene rings is 1. The molecule has 1 aliphatic heterocycles. The SMILES string of the molecule is Cc1sc2c(c1C)C(c1cccc(Cl)c1)=NCC(=O)N2CC(=O)Nc1nccs1. The monoisotopic (exact) mass is 444 g/mol. The van der Waals surface area contributed by atoms with Crippen LogP contribution in [0.3, 0.4) is 0 Å². The molecule has 0 unspecified atom stereocenters. The fourth-order valence-corrected chi connectivity index (χ4v) is 5.03. The molecule has 0 aliphatic carbocycles. The number of halogens is 1. The highest BCUT2D eigenvalue weighted by atomic mass is 35.5. The largest absolute Gasteiger partial charge is 0.300 e. The van der Waals surface area contributed by atoms with Crippen LogP contribution in [0.15, 0.2) is 40.8 Å². The van der Waals surface area contributed by atoms with Gasteiger partial charge >= 0.3 is 0 Å². The number of carbonyl (C=O) groups is 2. The van der Waals surface area contributed by atoms with Crippen molar-refractivity contribution in [2.24, 2.45) is 4.99 Å². The summed E-state index contributed by atoms with van der Waals surface area (Å²) >= 11 is 9.01. The molecule has 0 radical (unpaired) electrons. The summed E-state index contributed by atoms with van der Waals surface area (Å²) in [5.74, 6) is -0.520. The summed E-state index contributed by atoms with van der Waals surface area (Å²) in [5, 5.41) is 6.36. The van der Waals surface area contributed by atoms with Crippen molar-refractivity contribution in [3.8, 4) is 0 Å². The van der Waals surface area contributed by atoms with Gasteiger partial charge in [-0.2, -0.15) is 0 Å². The third kappa shape index (κ3) is 3.96. The zero-order valence-electron chi connectivity index (χ0n) is 15.7. The van der Waals surface area contributed by atoms with Crippen LogP contribution < -0.4 is 10.2 Å². The predicted octanol–water partition coefficient (Wildman–Crippen LogP) is 4.30. The Labute approximate surface area is 180 Å². The van der Waals surface area contributed by atoms with Gasteiger partial charge in [0.1, 0.15) is 18.1 Å². The van der Waals surface area contributed by atoms with Gasteiger partial charge in [-0.3, -0.25) is 19.5 Å². The molecule has 2 aromatic heterocycles. The first-order chi connectivity index (χ1) is 13.9. The van der Waals surface area contributed by atoms with Crippen molar-refractivity contribution in [3.05, 3.63) is 62.4 Å². The minimum absolute atomic E-state index is 0.0355. The lowest BCUT2D eigenvalue weighted by Crippen LogP contribution is -2.38. The van der Waals surface area contributed by atoms with Crippen LogP contribution in [-0.2, 0) is 9.59 Å². The predicted molar refractivity (Wildman–Crippen MR) is 119 cm³/mol. The van der Waals surface area contributed by atoms with Crippen LogP contribution in [0.2, 0.25) is 5.02 Å². The second-order valence-electron chi connectivity index (χ2n) is 6.50. The lowest BCUT2D eigenvalue weighted by molar-refractivity contribution is -0.120. The van der Waals surface area contributed by atoms with Gasteiger partial charge in [0.05, 0.1) is 5.71 Å². The summed E-state index contributed by atoms with van der Waals surface area (Å²) in [7, 11) is 0. The molecule has 29 heavy (non-hydrogen) atoms. The van der Waals surface area contributed by atoms with E-state index >= 15 is 0 Å². The standard InChI is InChI=1S/C20H17ClN4O2S2/c1-11-12(2)29-19-17(11)18(13-4-3-5-14(21)8-13)23-9-16(27)25(19)10-15(26)24-20-22-6-7-28-20/h3-8H,9-10H2,1-2H3,(H,22,24,26). The Morgan fingerprint density at radius 3 is 2.90 bits per heavy atom. The fraction of sp³-hybridized carbons (Fsp3) is 0.200. The number of carbonyl (C=O) groups excluding carboxylic acids is 2. The zero-order valence-corrected chi connectivity index (χ0v) is 18.1. The molecule has 0 spiro atoms. The maximum absolute atomic E-state index is 12.9. The quantitative estimate of drug-likeness (QED) is 0.652. The number of anilines is 2. The molecule has 1 aromatic carbocycles. The van der Waals surface area contributed by atoms with Gasteiger partial charge in [0.25, 0.3) is 0 Å². The van der Waals surface area contributed by atoms with E-state index in [1.54, 1.807) is 17.6 Å². The number of thiophene rings is 1. The van der Waals surface area contributed by atoms with E-state index in [1.807, 2.05) is 32.0 Å². The van der Waals surface area contributed by atoms with Crippen LogP contribution >= 0.6 is 34.3 Å². The maximum atomic E-state index is 12.9. The summed E-state index contributed by atoms with van der Waals surface area (Å²) in [4.78, 5) is 36.7. The highest BCUT2D eigenvalue weighted by Crippen LogP contribution is 2.38. The van der Waals surface area contributed by atoms with Crippen molar-refractivity contribution in [3.63, 3.8) is 0 Å². The lowest BCUT2D eigenvalue weighted by Gasteiger charge is -2.19. The minimum Gasteiger partial charge on any atom is -0.300 e. The Morgan fingerprint density at radius 1 is 1.34 bits per heavy atom. The van der Waals surface area contributed by atoms with Crippen molar-refractivity contribution >= 4 is 61.9 Å². The van der Waals surface area contributed by atoms with Gasteiger partial charge in [0.15, 0.2) is 5.13 Å². The summed E-state index contributed by atoms with van der Waals surface area (Å²) in [6.45, 7) is 3.88. The van der Waals surface area contributed by atoms with Gasteiger partial charge in [-0.05, 0) is 31.5 Å². The van der Waals surface area contributed by atoms with Gasteiger partial charge in [-0.25, -0.2) is 4.98 Å². The molecule has 1 N–H and O–H groups in total. The molecule has 148 valence electrons. The molecule has 0 fully saturated rings. The molecule has 9 heteroatoms. The summed E-state index contributed by atoms with van der Waals surface area (Å²) in [5.41, 5.74) is 3.49. The first kappa shape index (κ1) is 19.8. The Morgan fingerprint density at radius 2 is 2.17 bits per heavy atom. The fourth-order valence-electron chi connectivity index (χ4n) is 3.12. The Kier molecular flexibility index (Phi) is 5.49. The van der Waals surface area contributed by atoms with Crippen LogP contribution in [0.5, 0.6) is 0 Å². The number of aromatic nitrogens is 1. The number of hydrogen-bond donors (Lipinski definition) is 1. The first-order valence-electron chi connectivity index (χ1n) is 8.84. The summed E-state index contributed by atoms with van der Waals surface area (Å²) < 4.78 is 0. The number of nitrogens with zero attached hydrogens (tertiary/aromatic N) is 3. The Hall–Kier alpha value is -2.55. The van der Waals surface area contributed by atoms with E-state index in [9.17, 15) is 9.59 Å².